The van der Waals surface area contributed by atoms with Crippen LogP contribution < -0.4 is 5.32 Å². The quantitative estimate of drug-likeness (QED) is 0.597. The number of nitrogens with zero attached hydrogens (tertiary/aromatic N) is 2. The molecule has 1 N–H and O–H groups in total. The highest BCUT2D eigenvalue weighted by molar-refractivity contribution is 8.04. The maximum atomic E-state index is 13.4. The van der Waals surface area contributed by atoms with Crippen LogP contribution in [0.25, 0.3) is 6.08 Å². The second kappa shape index (κ2) is 11.5. The lowest BCUT2D eigenvalue weighted by atomic mass is 9.93. The van der Waals surface area contributed by atoms with E-state index in [1.807, 2.05) is 59.5 Å². The summed E-state index contributed by atoms with van der Waals surface area (Å²) in [6.07, 6.45) is 6.36. The molecular weight excluding hydrogens is 430 g/mol. The number of carbonyl (C=O) groups is 2. The van der Waals surface area contributed by atoms with Gasteiger partial charge in [-0.1, -0.05) is 73.5 Å². The van der Waals surface area contributed by atoms with E-state index in [1.54, 1.807) is 11.8 Å². The number of amides is 2. The Kier molecular flexibility index (Phi) is 8.24. The lowest BCUT2D eigenvalue weighted by Gasteiger charge is -2.43. The van der Waals surface area contributed by atoms with Crippen LogP contribution in [0.4, 0.5) is 0 Å². The van der Waals surface area contributed by atoms with Gasteiger partial charge in [-0.15, -0.1) is 11.8 Å². The molecular formula is C27H33N3O2S. The number of likely N-dealkylation sites (N-methyl/N-ethyl adjacent to an activating group) is 1. The largest absolute Gasteiger partial charge is 0.353 e. The third-order valence-corrected chi connectivity index (χ3v) is 7.74. The molecule has 0 bridgehead atoms. The van der Waals surface area contributed by atoms with Crippen molar-refractivity contribution in [1.82, 2.24) is 15.1 Å². The van der Waals surface area contributed by atoms with Gasteiger partial charge in [-0.2, -0.15) is 0 Å². The number of hydrogen-bond donors (Lipinski definition) is 1. The molecule has 4 rings (SSSR count). The van der Waals surface area contributed by atoms with Crippen molar-refractivity contribution in [2.45, 2.75) is 43.5 Å². The van der Waals surface area contributed by atoms with Crippen molar-refractivity contribution in [1.29, 1.82) is 0 Å². The molecule has 0 aromatic heterocycles. The Balaban J connectivity index is 1.34. The van der Waals surface area contributed by atoms with Crippen LogP contribution in [0.3, 0.4) is 0 Å². The summed E-state index contributed by atoms with van der Waals surface area (Å²) in [5, 5.41) is 3.40. The van der Waals surface area contributed by atoms with Crippen molar-refractivity contribution in [3.63, 3.8) is 0 Å². The van der Waals surface area contributed by atoms with E-state index in [1.165, 1.54) is 12.0 Å². The topological polar surface area (TPSA) is 52.7 Å². The van der Waals surface area contributed by atoms with Gasteiger partial charge in [-0.25, -0.2) is 0 Å². The Hall–Kier alpha value is -2.57. The number of thioether (sulfide) groups is 1. The summed E-state index contributed by atoms with van der Waals surface area (Å²) in [5.41, 5.74) is 2.28. The molecule has 5 nitrogen and oxygen atoms in total. The fourth-order valence-electron chi connectivity index (χ4n) is 4.63. The van der Waals surface area contributed by atoms with Crippen LogP contribution >= 0.6 is 11.8 Å². The molecule has 2 unspecified atom stereocenters. The first kappa shape index (κ1) is 23.6. The first-order valence-electron chi connectivity index (χ1n) is 11.8. The maximum absolute atomic E-state index is 13.4. The highest BCUT2D eigenvalue weighted by Gasteiger charge is 2.41. The predicted molar refractivity (Wildman–Crippen MR) is 136 cm³/mol. The monoisotopic (exact) mass is 463 g/mol. The van der Waals surface area contributed by atoms with Crippen molar-refractivity contribution >= 4 is 29.7 Å². The molecule has 2 amide bonds. The molecule has 6 heteroatoms. The van der Waals surface area contributed by atoms with Gasteiger partial charge in [-0.05, 0) is 37.1 Å². The van der Waals surface area contributed by atoms with E-state index in [0.717, 1.165) is 42.8 Å². The first-order chi connectivity index (χ1) is 16.1. The second-order valence-corrected chi connectivity index (χ2v) is 10.2. The molecule has 1 aliphatic heterocycles. The summed E-state index contributed by atoms with van der Waals surface area (Å²) in [5.74, 6) is -0.0879. The predicted octanol–water partition coefficient (Wildman–Crippen LogP) is 4.16. The van der Waals surface area contributed by atoms with E-state index in [-0.39, 0.29) is 24.4 Å². The fraction of sp³-hybridized carbons (Fsp3) is 0.407. The molecule has 2 aliphatic rings. The van der Waals surface area contributed by atoms with E-state index in [9.17, 15) is 9.59 Å². The highest BCUT2D eigenvalue weighted by Crippen LogP contribution is 2.42. The highest BCUT2D eigenvalue weighted by atomic mass is 32.2. The zero-order valence-electron chi connectivity index (χ0n) is 19.3. The number of fused-ring (bicyclic) bond motifs is 1. The average Bonchev–Trinajstić information content (AvgIpc) is 2.83. The van der Waals surface area contributed by atoms with Crippen LogP contribution in [0.1, 0.15) is 36.8 Å². The van der Waals surface area contributed by atoms with Gasteiger partial charge in [0.1, 0.15) is 6.54 Å². The van der Waals surface area contributed by atoms with E-state index >= 15 is 0 Å². The SMILES string of the molecule is CN(CCNC(=O)CN1C(=O)/C(=C/c2ccccc2)SC2CCCCC21)Cc1ccccc1. The Bertz CT molecular complexity index is 964. The number of carbonyl (C=O) groups excluding carboxylic acids is 2. The number of hydrogen-bond acceptors (Lipinski definition) is 4. The minimum absolute atomic E-state index is 0.0108. The number of nitrogens with one attached hydrogen (secondary N) is 1. The number of rotatable bonds is 8. The summed E-state index contributed by atoms with van der Waals surface area (Å²) in [4.78, 5) is 30.9. The summed E-state index contributed by atoms with van der Waals surface area (Å²) < 4.78 is 0. The van der Waals surface area contributed by atoms with Crippen molar-refractivity contribution < 1.29 is 9.59 Å². The molecule has 2 aromatic carbocycles. The minimum atomic E-state index is -0.0771. The maximum Gasteiger partial charge on any atom is 0.261 e. The molecule has 1 aliphatic carbocycles. The van der Waals surface area contributed by atoms with Crippen LogP contribution in [0, 0.1) is 0 Å². The van der Waals surface area contributed by atoms with Gasteiger partial charge in [0.25, 0.3) is 5.91 Å². The van der Waals surface area contributed by atoms with Crippen molar-refractivity contribution in [2.24, 2.45) is 0 Å². The van der Waals surface area contributed by atoms with Gasteiger partial charge in [0, 0.05) is 30.9 Å². The van der Waals surface area contributed by atoms with Gasteiger partial charge in [-0.3, -0.25) is 9.59 Å². The summed E-state index contributed by atoms with van der Waals surface area (Å²) in [6, 6.07) is 20.4. The molecule has 2 atom stereocenters. The third-order valence-electron chi connectivity index (χ3n) is 6.34. The van der Waals surface area contributed by atoms with Crippen LogP contribution in [0.2, 0.25) is 0 Å². The van der Waals surface area contributed by atoms with Gasteiger partial charge in [0.15, 0.2) is 0 Å². The van der Waals surface area contributed by atoms with E-state index in [2.05, 4.69) is 29.4 Å². The Labute approximate surface area is 201 Å². The van der Waals surface area contributed by atoms with Crippen LogP contribution in [0.5, 0.6) is 0 Å². The molecule has 0 radical (unpaired) electrons. The zero-order chi connectivity index (χ0) is 23.0. The number of benzene rings is 2. The average molecular weight is 464 g/mol. The third kappa shape index (κ3) is 6.49. The Morgan fingerprint density at radius 3 is 2.55 bits per heavy atom. The fourth-order valence-corrected chi connectivity index (χ4v) is 6.11. The van der Waals surface area contributed by atoms with Gasteiger partial charge in [0.05, 0.1) is 4.91 Å². The molecule has 1 saturated carbocycles. The van der Waals surface area contributed by atoms with Crippen LogP contribution in [-0.2, 0) is 16.1 Å². The lowest BCUT2D eigenvalue weighted by molar-refractivity contribution is -0.135. The molecule has 33 heavy (non-hydrogen) atoms. The summed E-state index contributed by atoms with van der Waals surface area (Å²) >= 11 is 1.70. The molecule has 1 heterocycles. The van der Waals surface area contributed by atoms with Gasteiger partial charge < -0.3 is 15.1 Å². The van der Waals surface area contributed by atoms with E-state index in [0.29, 0.717) is 11.8 Å². The van der Waals surface area contributed by atoms with E-state index in [4.69, 9.17) is 0 Å². The van der Waals surface area contributed by atoms with Crippen molar-refractivity contribution in [3.8, 4) is 0 Å². The first-order valence-corrected chi connectivity index (χ1v) is 12.7. The molecule has 174 valence electrons. The molecule has 2 fully saturated rings. The second-order valence-electron chi connectivity index (χ2n) is 8.93. The standard InChI is InChI=1S/C27H33N3O2S/c1-29(19-22-12-6-3-7-13-22)17-16-28-26(31)20-30-23-14-8-9-15-24(23)33-25(27(30)32)18-21-10-4-2-5-11-21/h2-7,10-13,18,23-24H,8-9,14-17,19-20H2,1H3,(H,28,31)/b25-18-. The lowest BCUT2D eigenvalue weighted by Crippen LogP contribution is -2.54. The van der Waals surface area contributed by atoms with Crippen LogP contribution in [-0.4, -0.2) is 59.6 Å². The normalized spacial score (nSPS) is 21.8. The molecule has 1 saturated heterocycles. The van der Waals surface area contributed by atoms with Gasteiger partial charge >= 0.3 is 0 Å². The Morgan fingerprint density at radius 2 is 1.79 bits per heavy atom. The van der Waals surface area contributed by atoms with Crippen molar-refractivity contribution in [3.05, 3.63) is 76.7 Å². The summed E-state index contributed by atoms with van der Waals surface area (Å²) in [6.45, 7) is 2.31. The van der Waals surface area contributed by atoms with E-state index < -0.39 is 0 Å². The zero-order valence-corrected chi connectivity index (χ0v) is 20.1. The summed E-state index contributed by atoms with van der Waals surface area (Å²) in [7, 11) is 2.05. The smallest absolute Gasteiger partial charge is 0.261 e. The minimum Gasteiger partial charge on any atom is -0.353 e. The van der Waals surface area contributed by atoms with Crippen LogP contribution in [0.15, 0.2) is 65.6 Å². The van der Waals surface area contributed by atoms with Gasteiger partial charge in [0.2, 0.25) is 5.91 Å². The molecule has 2 aromatic rings. The van der Waals surface area contributed by atoms with Crippen molar-refractivity contribution in [2.75, 3.05) is 26.7 Å². The Morgan fingerprint density at radius 1 is 1.09 bits per heavy atom. The molecule has 0 spiro atoms.